The van der Waals surface area contributed by atoms with E-state index in [4.69, 9.17) is 21.4 Å². The molecule has 6 nitrogen and oxygen atoms in total. The van der Waals surface area contributed by atoms with Crippen LogP contribution in [0.1, 0.15) is 12.5 Å². The van der Waals surface area contributed by atoms with Crippen LogP contribution in [0.5, 0.6) is 5.75 Å². The van der Waals surface area contributed by atoms with Gasteiger partial charge in [-0.05, 0) is 60.7 Å². The summed E-state index contributed by atoms with van der Waals surface area (Å²) < 4.78 is 6.13. The maximum atomic E-state index is 12.2. The Morgan fingerprint density at radius 3 is 2.68 bits per heavy atom. The molecule has 1 heterocycles. The summed E-state index contributed by atoms with van der Waals surface area (Å²) in [6.45, 7) is 1.45. The number of carbonyl (C=O) groups is 2. The van der Waals surface area contributed by atoms with Crippen molar-refractivity contribution in [1.29, 1.82) is 0 Å². The Hall–Kier alpha value is -2.29. The van der Waals surface area contributed by atoms with Crippen LogP contribution < -0.4 is 10.1 Å². The van der Waals surface area contributed by atoms with Crippen LogP contribution in [0.3, 0.4) is 0 Å². The van der Waals surface area contributed by atoms with Gasteiger partial charge in [0.05, 0.1) is 15.6 Å². The quantitative estimate of drug-likeness (QED) is 0.596. The monoisotopic (exact) mass is 480 g/mol. The molecule has 9 heteroatoms. The summed E-state index contributed by atoms with van der Waals surface area (Å²) in [5.74, 6) is -0.854. The molecule has 1 aliphatic heterocycles. The van der Waals surface area contributed by atoms with Gasteiger partial charge in [-0.15, -0.1) is 0 Å². The zero-order valence-corrected chi connectivity index (χ0v) is 17.6. The second-order valence-electron chi connectivity index (χ2n) is 5.74. The predicted octanol–water partition coefficient (Wildman–Crippen LogP) is 4.85. The Morgan fingerprint density at radius 1 is 1.32 bits per heavy atom. The standard InChI is InChI=1S/C19H14BrClN2O4S/c1-10(18(25)26)27-13-5-2-11(3-6-13)8-16-17(24)23-19(28-16)22-15-7-4-12(20)9-14(15)21/h2-10H,1H3,(H,25,26)(H,22,23,24)/b16-8-/t10-/m0/s1. The van der Waals surface area contributed by atoms with Gasteiger partial charge in [0.25, 0.3) is 5.91 Å². The molecule has 0 spiro atoms. The van der Waals surface area contributed by atoms with Crippen LogP contribution in [-0.4, -0.2) is 28.3 Å². The minimum Gasteiger partial charge on any atom is -0.479 e. The number of ether oxygens (including phenoxy) is 1. The maximum absolute atomic E-state index is 12.2. The first kappa shape index (κ1) is 20.4. The molecular weight excluding hydrogens is 468 g/mol. The van der Waals surface area contributed by atoms with Crippen LogP contribution in [0.2, 0.25) is 5.02 Å². The SMILES string of the molecule is C[C@H](Oc1ccc(/C=C2\SC(=Nc3ccc(Br)cc3Cl)NC2=O)cc1)C(=O)O. The van der Waals surface area contributed by atoms with E-state index < -0.39 is 12.1 Å². The molecule has 0 saturated carbocycles. The van der Waals surface area contributed by atoms with Crippen LogP contribution in [0.25, 0.3) is 6.08 Å². The first-order valence-electron chi connectivity index (χ1n) is 8.06. The number of nitrogens with one attached hydrogen (secondary N) is 1. The van der Waals surface area contributed by atoms with E-state index in [1.165, 1.54) is 18.7 Å². The van der Waals surface area contributed by atoms with Gasteiger partial charge in [-0.2, -0.15) is 0 Å². The highest BCUT2D eigenvalue weighted by molar-refractivity contribution is 9.10. The van der Waals surface area contributed by atoms with Crippen molar-refractivity contribution in [3.8, 4) is 5.75 Å². The second kappa shape index (κ2) is 8.81. The molecule has 3 rings (SSSR count). The van der Waals surface area contributed by atoms with E-state index in [2.05, 4.69) is 26.2 Å². The number of thioether (sulfide) groups is 1. The first-order valence-corrected chi connectivity index (χ1v) is 10.0. The van der Waals surface area contributed by atoms with Crippen LogP contribution >= 0.6 is 39.3 Å². The van der Waals surface area contributed by atoms with E-state index in [0.717, 1.165) is 10.0 Å². The van der Waals surface area contributed by atoms with Gasteiger partial charge in [0.1, 0.15) is 5.75 Å². The topological polar surface area (TPSA) is 88.0 Å². The predicted molar refractivity (Wildman–Crippen MR) is 114 cm³/mol. The summed E-state index contributed by atoms with van der Waals surface area (Å²) in [6, 6.07) is 12.1. The van der Waals surface area contributed by atoms with Crippen molar-refractivity contribution in [2.75, 3.05) is 0 Å². The molecule has 1 aliphatic rings. The summed E-state index contributed by atoms with van der Waals surface area (Å²) in [7, 11) is 0. The number of benzene rings is 2. The van der Waals surface area contributed by atoms with Crippen molar-refractivity contribution in [2.24, 2.45) is 4.99 Å². The number of carboxylic acid groups (broad SMARTS) is 1. The molecule has 1 fully saturated rings. The molecule has 0 aliphatic carbocycles. The van der Waals surface area contributed by atoms with E-state index in [-0.39, 0.29) is 5.91 Å². The minimum atomic E-state index is -1.04. The van der Waals surface area contributed by atoms with Crippen molar-refractivity contribution >= 4 is 68.1 Å². The highest BCUT2D eigenvalue weighted by Gasteiger charge is 2.24. The first-order chi connectivity index (χ1) is 13.3. The van der Waals surface area contributed by atoms with Gasteiger partial charge < -0.3 is 15.2 Å². The number of hydrogen-bond acceptors (Lipinski definition) is 5. The fourth-order valence-electron chi connectivity index (χ4n) is 2.21. The van der Waals surface area contributed by atoms with Gasteiger partial charge in [-0.1, -0.05) is 39.7 Å². The highest BCUT2D eigenvalue weighted by Crippen LogP contribution is 2.32. The fraction of sp³-hybridized carbons (Fsp3) is 0.105. The molecule has 0 bridgehead atoms. The Labute approximate surface area is 178 Å². The maximum Gasteiger partial charge on any atom is 0.344 e. The summed E-state index contributed by atoms with van der Waals surface area (Å²) in [4.78, 5) is 27.9. The Kier molecular flexibility index (Phi) is 6.43. The summed E-state index contributed by atoms with van der Waals surface area (Å²) in [6.07, 6.45) is 0.778. The molecule has 1 amide bonds. The van der Waals surface area contributed by atoms with Gasteiger partial charge in [0, 0.05) is 4.47 Å². The summed E-state index contributed by atoms with van der Waals surface area (Å²) in [5, 5.41) is 12.5. The third kappa shape index (κ3) is 5.15. The van der Waals surface area contributed by atoms with Crippen LogP contribution in [-0.2, 0) is 9.59 Å². The van der Waals surface area contributed by atoms with Crippen LogP contribution in [0, 0.1) is 0 Å². The fourth-order valence-corrected chi connectivity index (χ4v) is 3.76. The number of aliphatic carboxylic acids is 1. The van der Waals surface area contributed by atoms with Gasteiger partial charge in [0.15, 0.2) is 11.3 Å². The average Bonchev–Trinajstić information content (AvgIpc) is 2.98. The average molecular weight is 482 g/mol. The second-order valence-corrected chi connectivity index (χ2v) is 8.10. The number of amidine groups is 1. The van der Waals surface area contributed by atoms with E-state index in [9.17, 15) is 9.59 Å². The third-order valence-electron chi connectivity index (χ3n) is 3.62. The molecule has 0 aromatic heterocycles. The smallest absolute Gasteiger partial charge is 0.344 e. The molecule has 2 aromatic carbocycles. The van der Waals surface area contributed by atoms with Gasteiger partial charge >= 0.3 is 5.97 Å². The van der Waals surface area contributed by atoms with Crippen molar-refractivity contribution in [3.63, 3.8) is 0 Å². The molecule has 0 radical (unpaired) electrons. The molecule has 0 unspecified atom stereocenters. The molecule has 2 N–H and O–H groups in total. The Morgan fingerprint density at radius 2 is 2.04 bits per heavy atom. The van der Waals surface area contributed by atoms with Crippen molar-refractivity contribution in [2.45, 2.75) is 13.0 Å². The number of hydrogen-bond donors (Lipinski definition) is 2. The number of halogens is 2. The van der Waals surface area contributed by atoms with Crippen molar-refractivity contribution in [3.05, 3.63) is 62.4 Å². The van der Waals surface area contributed by atoms with Crippen molar-refractivity contribution < 1.29 is 19.4 Å². The molecule has 144 valence electrons. The number of amides is 1. The lowest BCUT2D eigenvalue weighted by atomic mass is 10.2. The zero-order chi connectivity index (χ0) is 20.3. The third-order valence-corrected chi connectivity index (χ3v) is 5.33. The number of aliphatic imine (C=N–C) groups is 1. The van der Waals surface area contributed by atoms with Gasteiger partial charge in [0.2, 0.25) is 0 Å². The molecule has 2 aromatic rings. The van der Waals surface area contributed by atoms with Crippen LogP contribution in [0.15, 0.2) is 56.8 Å². The normalized spacial score (nSPS) is 17.6. The lowest BCUT2D eigenvalue weighted by Gasteiger charge is -2.10. The lowest BCUT2D eigenvalue weighted by molar-refractivity contribution is -0.144. The summed E-state index contributed by atoms with van der Waals surface area (Å²) >= 11 is 10.7. The number of carboxylic acids is 1. The van der Waals surface area contributed by atoms with Gasteiger partial charge in [-0.25, -0.2) is 9.79 Å². The number of rotatable bonds is 5. The molecule has 1 saturated heterocycles. The molecular formula is C19H14BrClN2O4S. The lowest BCUT2D eigenvalue weighted by Crippen LogP contribution is -2.22. The van der Waals surface area contributed by atoms with E-state index in [0.29, 0.717) is 26.5 Å². The molecule has 1 atom stereocenters. The minimum absolute atomic E-state index is 0.253. The zero-order valence-electron chi connectivity index (χ0n) is 14.5. The summed E-state index contributed by atoms with van der Waals surface area (Å²) in [5.41, 5.74) is 1.33. The number of carbonyl (C=O) groups excluding carboxylic acids is 1. The Balaban J connectivity index is 1.73. The largest absolute Gasteiger partial charge is 0.479 e. The van der Waals surface area contributed by atoms with Crippen molar-refractivity contribution in [1.82, 2.24) is 5.32 Å². The molecule has 28 heavy (non-hydrogen) atoms. The van der Waals surface area contributed by atoms with E-state index >= 15 is 0 Å². The number of nitrogens with zero attached hydrogens (tertiary/aromatic N) is 1. The van der Waals surface area contributed by atoms with Gasteiger partial charge in [-0.3, -0.25) is 4.79 Å². The highest BCUT2D eigenvalue weighted by atomic mass is 79.9. The van der Waals surface area contributed by atoms with E-state index in [1.54, 1.807) is 42.5 Å². The van der Waals surface area contributed by atoms with Crippen LogP contribution in [0.4, 0.5) is 5.69 Å². The Bertz CT molecular complexity index is 992. The van der Waals surface area contributed by atoms with E-state index in [1.807, 2.05) is 6.07 Å².